The van der Waals surface area contributed by atoms with Crippen LogP contribution in [-0.2, 0) is 19.4 Å². The number of aromatic amines is 1. The minimum atomic E-state index is -0.255. The number of aryl methyl sites for hydroxylation is 4. The smallest absolute Gasteiger partial charge is 0.273 e. The standard InChI is InChI=1S/C29H28N6O2/c1-3-15-35-27(16-19(2)34-35)29(37)31-23-9-6-7-20(17-23)28(36)21-10-12-24-25(32-33-26(24)18-21)13-11-22-8-4-5-14-30-22/h4-10,12,14,16-18H,3,11,13,15H2,1-2H3,(H,31,37)(H,32,33). The quantitative estimate of drug-likeness (QED) is 0.277. The van der Waals surface area contributed by atoms with Crippen molar-refractivity contribution in [3.05, 3.63) is 107 Å². The summed E-state index contributed by atoms with van der Waals surface area (Å²) in [5.74, 6) is -0.391. The average Bonchev–Trinajstić information content (AvgIpc) is 3.50. The fourth-order valence-electron chi connectivity index (χ4n) is 4.41. The van der Waals surface area contributed by atoms with Gasteiger partial charge in [0.25, 0.3) is 5.91 Å². The van der Waals surface area contributed by atoms with Gasteiger partial charge in [-0.25, -0.2) is 0 Å². The molecule has 0 atom stereocenters. The Morgan fingerprint density at radius 3 is 2.65 bits per heavy atom. The number of carbonyl (C=O) groups is 2. The first-order chi connectivity index (χ1) is 18.0. The van der Waals surface area contributed by atoms with Gasteiger partial charge in [-0.15, -0.1) is 0 Å². The molecule has 8 heteroatoms. The molecule has 0 saturated carbocycles. The normalized spacial score (nSPS) is 11.1. The summed E-state index contributed by atoms with van der Waals surface area (Å²) < 4.78 is 1.71. The molecule has 0 aliphatic rings. The highest BCUT2D eigenvalue weighted by molar-refractivity contribution is 6.11. The summed E-state index contributed by atoms with van der Waals surface area (Å²) >= 11 is 0. The number of nitrogens with zero attached hydrogens (tertiary/aromatic N) is 4. The fourth-order valence-corrected chi connectivity index (χ4v) is 4.41. The second-order valence-electron chi connectivity index (χ2n) is 9.01. The number of amides is 1. The maximum atomic E-state index is 13.3. The van der Waals surface area contributed by atoms with Gasteiger partial charge in [-0.05, 0) is 62.6 Å². The number of rotatable bonds is 9. The van der Waals surface area contributed by atoms with Gasteiger partial charge in [0.1, 0.15) is 5.69 Å². The molecule has 0 radical (unpaired) electrons. The van der Waals surface area contributed by atoms with E-state index < -0.39 is 0 Å². The third-order valence-corrected chi connectivity index (χ3v) is 6.21. The van der Waals surface area contributed by atoms with Gasteiger partial charge in [0.2, 0.25) is 0 Å². The van der Waals surface area contributed by atoms with Crippen LogP contribution in [0.1, 0.15) is 56.8 Å². The molecule has 2 aromatic carbocycles. The molecule has 0 fully saturated rings. The minimum absolute atomic E-state index is 0.136. The zero-order valence-electron chi connectivity index (χ0n) is 20.9. The van der Waals surface area contributed by atoms with E-state index in [1.807, 2.05) is 44.2 Å². The zero-order valence-corrected chi connectivity index (χ0v) is 20.9. The average molecular weight is 493 g/mol. The lowest BCUT2D eigenvalue weighted by Gasteiger charge is -2.09. The van der Waals surface area contributed by atoms with E-state index in [1.54, 1.807) is 47.3 Å². The van der Waals surface area contributed by atoms with Crippen molar-refractivity contribution in [2.75, 3.05) is 5.32 Å². The van der Waals surface area contributed by atoms with Crippen LogP contribution in [0.25, 0.3) is 10.9 Å². The number of anilines is 1. The second kappa shape index (κ2) is 10.6. The third kappa shape index (κ3) is 5.33. The molecule has 0 unspecified atom stereocenters. The van der Waals surface area contributed by atoms with Crippen molar-refractivity contribution in [3.63, 3.8) is 0 Å². The van der Waals surface area contributed by atoms with Gasteiger partial charge >= 0.3 is 0 Å². The van der Waals surface area contributed by atoms with Gasteiger partial charge in [-0.1, -0.05) is 37.3 Å². The van der Waals surface area contributed by atoms with E-state index in [1.165, 1.54) is 0 Å². The molecule has 5 aromatic rings. The predicted molar refractivity (Wildman–Crippen MR) is 143 cm³/mol. The van der Waals surface area contributed by atoms with Crippen molar-refractivity contribution in [1.82, 2.24) is 25.0 Å². The molecular weight excluding hydrogens is 464 g/mol. The minimum Gasteiger partial charge on any atom is -0.321 e. The summed E-state index contributed by atoms with van der Waals surface area (Å²) in [5, 5.41) is 15.8. The maximum absolute atomic E-state index is 13.3. The molecule has 3 heterocycles. The number of ketones is 1. The lowest BCUT2D eigenvalue weighted by atomic mass is 10.0. The largest absolute Gasteiger partial charge is 0.321 e. The van der Waals surface area contributed by atoms with Gasteiger partial charge in [-0.2, -0.15) is 10.2 Å². The SMILES string of the molecule is CCCn1nc(C)cc1C(=O)Nc1cccc(C(=O)c2ccc3c(CCc4ccccn4)[nH]nc3c2)c1. The maximum Gasteiger partial charge on any atom is 0.273 e. The molecule has 0 saturated heterocycles. The summed E-state index contributed by atoms with van der Waals surface area (Å²) in [4.78, 5) is 30.6. The molecule has 0 bridgehead atoms. The number of fused-ring (bicyclic) bond motifs is 1. The number of hydrogen-bond donors (Lipinski definition) is 2. The number of hydrogen-bond acceptors (Lipinski definition) is 5. The highest BCUT2D eigenvalue weighted by Gasteiger charge is 2.16. The summed E-state index contributed by atoms with van der Waals surface area (Å²) in [6, 6.07) is 20.2. The van der Waals surface area contributed by atoms with Gasteiger partial charge in [0, 0.05) is 46.3 Å². The molecular formula is C29H28N6O2. The summed E-state index contributed by atoms with van der Waals surface area (Å²) in [6.07, 6.45) is 4.24. The monoisotopic (exact) mass is 492 g/mol. The van der Waals surface area contributed by atoms with Crippen molar-refractivity contribution in [1.29, 1.82) is 0 Å². The topological polar surface area (TPSA) is 106 Å². The van der Waals surface area contributed by atoms with E-state index in [4.69, 9.17) is 0 Å². The van der Waals surface area contributed by atoms with Crippen LogP contribution in [0.2, 0.25) is 0 Å². The number of benzene rings is 2. The Labute approximate surface area is 214 Å². The molecule has 3 aromatic heterocycles. The van der Waals surface area contributed by atoms with E-state index in [2.05, 4.69) is 25.6 Å². The lowest BCUT2D eigenvalue weighted by molar-refractivity contribution is 0.101. The molecule has 37 heavy (non-hydrogen) atoms. The van der Waals surface area contributed by atoms with Crippen molar-refractivity contribution in [2.45, 2.75) is 39.7 Å². The number of nitrogens with one attached hydrogen (secondary N) is 2. The number of H-pyrrole nitrogens is 1. The van der Waals surface area contributed by atoms with E-state index in [-0.39, 0.29) is 11.7 Å². The molecule has 8 nitrogen and oxygen atoms in total. The highest BCUT2D eigenvalue weighted by atomic mass is 16.2. The van der Waals surface area contributed by atoms with E-state index >= 15 is 0 Å². The van der Waals surface area contributed by atoms with Crippen LogP contribution < -0.4 is 5.32 Å². The van der Waals surface area contributed by atoms with Crippen LogP contribution in [0.15, 0.2) is 72.9 Å². The van der Waals surface area contributed by atoms with Crippen molar-refractivity contribution in [3.8, 4) is 0 Å². The molecule has 1 amide bonds. The zero-order chi connectivity index (χ0) is 25.8. The molecule has 0 aliphatic carbocycles. The Bertz CT molecular complexity index is 1570. The van der Waals surface area contributed by atoms with E-state index in [0.717, 1.165) is 47.2 Å². The Morgan fingerprint density at radius 2 is 1.84 bits per heavy atom. The van der Waals surface area contributed by atoms with Crippen molar-refractivity contribution < 1.29 is 9.59 Å². The van der Waals surface area contributed by atoms with Gasteiger partial charge in [0.15, 0.2) is 5.78 Å². The number of aromatic nitrogens is 5. The van der Waals surface area contributed by atoms with Crippen molar-refractivity contribution in [2.24, 2.45) is 0 Å². The lowest BCUT2D eigenvalue weighted by Crippen LogP contribution is -2.18. The molecule has 0 spiro atoms. The van der Waals surface area contributed by atoms with E-state index in [0.29, 0.717) is 29.1 Å². The first-order valence-electron chi connectivity index (χ1n) is 12.4. The van der Waals surface area contributed by atoms with Crippen LogP contribution >= 0.6 is 0 Å². The summed E-state index contributed by atoms with van der Waals surface area (Å²) in [6.45, 7) is 4.56. The summed E-state index contributed by atoms with van der Waals surface area (Å²) in [5.41, 5.74) is 5.64. The molecule has 186 valence electrons. The fraction of sp³-hybridized carbons (Fsp3) is 0.207. The summed E-state index contributed by atoms with van der Waals surface area (Å²) in [7, 11) is 0. The van der Waals surface area contributed by atoms with Crippen LogP contribution in [0.4, 0.5) is 5.69 Å². The first-order valence-corrected chi connectivity index (χ1v) is 12.4. The Morgan fingerprint density at radius 1 is 0.973 bits per heavy atom. The molecule has 2 N–H and O–H groups in total. The van der Waals surface area contributed by atoms with E-state index in [9.17, 15) is 9.59 Å². The Hall–Kier alpha value is -4.59. The number of pyridine rings is 1. The Balaban J connectivity index is 1.31. The Kier molecular flexibility index (Phi) is 6.89. The number of carbonyl (C=O) groups excluding carboxylic acids is 2. The third-order valence-electron chi connectivity index (χ3n) is 6.21. The van der Waals surface area contributed by atoms with Gasteiger partial charge in [0.05, 0.1) is 11.2 Å². The van der Waals surface area contributed by atoms with Gasteiger partial charge < -0.3 is 5.32 Å². The van der Waals surface area contributed by atoms with Crippen LogP contribution in [0.5, 0.6) is 0 Å². The van der Waals surface area contributed by atoms with Gasteiger partial charge in [-0.3, -0.25) is 24.4 Å². The second-order valence-corrected chi connectivity index (χ2v) is 9.01. The van der Waals surface area contributed by atoms with Crippen LogP contribution in [-0.4, -0.2) is 36.7 Å². The predicted octanol–water partition coefficient (Wildman–Crippen LogP) is 5.14. The molecule has 5 rings (SSSR count). The van der Waals surface area contributed by atoms with Crippen LogP contribution in [0, 0.1) is 6.92 Å². The molecule has 0 aliphatic heterocycles. The highest BCUT2D eigenvalue weighted by Crippen LogP contribution is 2.22. The first kappa shape index (κ1) is 24.1. The van der Waals surface area contributed by atoms with Crippen molar-refractivity contribution >= 4 is 28.3 Å². The van der Waals surface area contributed by atoms with Crippen LogP contribution in [0.3, 0.4) is 0 Å².